The first-order valence-corrected chi connectivity index (χ1v) is 11.8. The zero-order chi connectivity index (χ0) is 24.0. The maximum atomic E-state index is 13.9. The van der Waals surface area contributed by atoms with E-state index in [0.29, 0.717) is 31.0 Å². The third-order valence-electron chi connectivity index (χ3n) is 7.66. The van der Waals surface area contributed by atoms with Gasteiger partial charge in [0.05, 0.1) is 6.04 Å². The molecule has 0 radical (unpaired) electrons. The second-order valence-electron chi connectivity index (χ2n) is 9.63. The molecule has 1 aromatic carbocycles. The molecule has 2 aliphatic heterocycles. The molecule has 1 aliphatic carbocycles. The molecule has 3 atom stereocenters. The summed E-state index contributed by atoms with van der Waals surface area (Å²) in [6.07, 6.45) is 7.75. The zero-order valence-electron chi connectivity index (χ0n) is 18.7. The number of pyridine rings is 1. The Bertz CT molecular complexity index is 1210. The standard InChI is InChI=1S/C25H27F2N3O4/c26-17-7-6-16(19(27)10-17)11-28-24(33)18-12-29-13-20-15-3-1-2-14(4-5-15)8-9-30(20)25(34)21(29)23(32)22(18)31/h6-7,10,12,14-15,20,32H,1-5,8-9,11,13H2,(H,28,33)/t14-,15-,20?/m0/s1. The number of benzene rings is 1. The summed E-state index contributed by atoms with van der Waals surface area (Å²) >= 11 is 0. The van der Waals surface area contributed by atoms with E-state index in [4.69, 9.17) is 0 Å². The lowest BCUT2D eigenvalue weighted by atomic mass is 9.86. The third kappa shape index (κ3) is 3.97. The number of aromatic hydroxyl groups is 1. The van der Waals surface area contributed by atoms with E-state index in [1.807, 2.05) is 4.90 Å². The van der Waals surface area contributed by atoms with Gasteiger partial charge >= 0.3 is 0 Å². The highest BCUT2D eigenvalue weighted by atomic mass is 19.1. The van der Waals surface area contributed by atoms with Gasteiger partial charge in [-0.05, 0) is 37.2 Å². The van der Waals surface area contributed by atoms with Crippen LogP contribution in [0.1, 0.15) is 64.9 Å². The first-order chi connectivity index (χ1) is 16.3. The zero-order valence-corrected chi connectivity index (χ0v) is 18.7. The van der Waals surface area contributed by atoms with Crippen molar-refractivity contribution >= 4 is 11.8 Å². The van der Waals surface area contributed by atoms with Crippen LogP contribution >= 0.6 is 0 Å². The van der Waals surface area contributed by atoms with Crippen LogP contribution in [0.2, 0.25) is 0 Å². The summed E-state index contributed by atoms with van der Waals surface area (Å²) in [5.41, 5.74) is -1.29. The Morgan fingerprint density at radius 1 is 1.12 bits per heavy atom. The summed E-state index contributed by atoms with van der Waals surface area (Å²) < 4.78 is 28.5. The molecular weight excluding hydrogens is 444 g/mol. The highest BCUT2D eigenvalue weighted by molar-refractivity contribution is 5.99. The number of hydrogen-bond donors (Lipinski definition) is 2. The molecule has 3 aliphatic rings. The number of amides is 2. The van der Waals surface area contributed by atoms with E-state index in [1.165, 1.54) is 23.3 Å². The van der Waals surface area contributed by atoms with Crippen LogP contribution in [-0.2, 0) is 13.1 Å². The number of rotatable bonds is 3. The number of nitrogens with zero attached hydrogens (tertiary/aromatic N) is 2. The van der Waals surface area contributed by atoms with Crippen molar-refractivity contribution < 1.29 is 23.5 Å². The molecule has 0 spiro atoms. The van der Waals surface area contributed by atoms with Gasteiger partial charge in [-0.1, -0.05) is 25.3 Å². The summed E-state index contributed by atoms with van der Waals surface area (Å²) in [6, 6.07) is 2.95. The van der Waals surface area contributed by atoms with Gasteiger partial charge in [-0.3, -0.25) is 14.4 Å². The molecule has 1 unspecified atom stereocenters. The topological polar surface area (TPSA) is 91.6 Å². The fourth-order valence-corrected chi connectivity index (χ4v) is 5.78. The Morgan fingerprint density at radius 3 is 2.74 bits per heavy atom. The molecule has 2 N–H and O–H groups in total. The summed E-state index contributed by atoms with van der Waals surface area (Å²) in [5.74, 6) is -2.53. The largest absolute Gasteiger partial charge is 0.503 e. The molecule has 1 saturated heterocycles. The monoisotopic (exact) mass is 471 g/mol. The fourth-order valence-electron chi connectivity index (χ4n) is 5.78. The smallest absolute Gasteiger partial charge is 0.274 e. The second-order valence-corrected chi connectivity index (χ2v) is 9.63. The molecule has 1 saturated carbocycles. The van der Waals surface area contributed by atoms with Gasteiger partial charge < -0.3 is 19.9 Å². The molecule has 2 fully saturated rings. The van der Waals surface area contributed by atoms with E-state index in [9.17, 15) is 28.3 Å². The van der Waals surface area contributed by atoms with Gasteiger partial charge in [0, 0.05) is 37.5 Å². The van der Waals surface area contributed by atoms with E-state index in [0.717, 1.165) is 38.2 Å². The Kier molecular flexibility index (Phi) is 5.87. The molecular formula is C25H27F2N3O4. The van der Waals surface area contributed by atoms with Crippen LogP contribution in [0.3, 0.4) is 0 Å². The molecule has 3 heterocycles. The van der Waals surface area contributed by atoms with Gasteiger partial charge in [0.25, 0.3) is 11.8 Å². The summed E-state index contributed by atoms with van der Waals surface area (Å²) in [4.78, 5) is 40.7. The number of aromatic nitrogens is 1. The van der Waals surface area contributed by atoms with Gasteiger partial charge in [0.1, 0.15) is 17.2 Å². The fraction of sp³-hybridized carbons (Fsp3) is 0.480. The normalized spacial score (nSPS) is 24.0. The van der Waals surface area contributed by atoms with Crippen LogP contribution in [0.25, 0.3) is 0 Å². The average molecular weight is 472 g/mol. The van der Waals surface area contributed by atoms with Gasteiger partial charge in [0.2, 0.25) is 5.43 Å². The van der Waals surface area contributed by atoms with Crippen molar-refractivity contribution in [3.8, 4) is 5.75 Å². The Hall–Kier alpha value is -3.23. The van der Waals surface area contributed by atoms with Crippen LogP contribution < -0.4 is 10.7 Å². The predicted molar refractivity (Wildman–Crippen MR) is 119 cm³/mol. The maximum absolute atomic E-state index is 13.9. The third-order valence-corrected chi connectivity index (χ3v) is 7.66. The SMILES string of the molecule is O=C(NCc1ccc(F)cc1F)c1cn2c(c(O)c1=O)C(=O)N1CC[C@H]3CCC[C@@H](CC3)C1C2. The van der Waals surface area contributed by atoms with Crippen LogP contribution in [0, 0.1) is 23.5 Å². The molecule has 1 aromatic heterocycles. The molecule has 5 rings (SSSR count). The summed E-state index contributed by atoms with van der Waals surface area (Å²) in [7, 11) is 0. The van der Waals surface area contributed by atoms with Crippen molar-refractivity contribution in [3.63, 3.8) is 0 Å². The quantitative estimate of drug-likeness (QED) is 0.719. The maximum Gasteiger partial charge on any atom is 0.274 e. The molecule has 2 bridgehead atoms. The highest BCUT2D eigenvalue weighted by Crippen LogP contribution is 2.38. The van der Waals surface area contributed by atoms with Gasteiger partial charge in [0.15, 0.2) is 11.4 Å². The number of nitrogens with one attached hydrogen (secondary N) is 1. The molecule has 2 amide bonds. The Labute approximate surface area is 195 Å². The first kappa shape index (κ1) is 22.6. The number of fused-ring (bicyclic) bond motifs is 6. The van der Waals surface area contributed by atoms with E-state index in [-0.39, 0.29) is 35.3 Å². The average Bonchev–Trinajstić information content (AvgIpc) is 2.99. The Balaban J connectivity index is 1.44. The minimum absolute atomic E-state index is 0.0508. The minimum atomic E-state index is -0.944. The van der Waals surface area contributed by atoms with Crippen molar-refractivity contribution in [2.24, 2.45) is 11.8 Å². The lowest BCUT2D eigenvalue weighted by molar-refractivity contribution is 0.0422. The van der Waals surface area contributed by atoms with Crippen LogP contribution in [0.5, 0.6) is 5.75 Å². The lowest BCUT2D eigenvalue weighted by Crippen LogP contribution is -2.53. The van der Waals surface area contributed by atoms with Crippen molar-refractivity contribution in [1.29, 1.82) is 0 Å². The molecule has 7 nitrogen and oxygen atoms in total. The first-order valence-electron chi connectivity index (χ1n) is 11.8. The number of carbonyl (C=O) groups is 2. The molecule has 34 heavy (non-hydrogen) atoms. The van der Waals surface area contributed by atoms with Crippen molar-refractivity contribution in [2.75, 3.05) is 6.54 Å². The Morgan fingerprint density at radius 2 is 1.94 bits per heavy atom. The lowest BCUT2D eigenvalue weighted by Gasteiger charge is -2.43. The number of halogens is 2. The van der Waals surface area contributed by atoms with Gasteiger partial charge in [-0.25, -0.2) is 8.78 Å². The highest BCUT2D eigenvalue weighted by Gasteiger charge is 2.41. The van der Waals surface area contributed by atoms with E-state index in [2.05, 4.69) is 5.32 Å². The van der Waals surface area contributed by atoms with Crippen LogP contribution in [0.15, 0.2) is 29.2 Å². The molecule has 9 heteroatoms. The summed E-state index contributed by atoms with van der Waals surface area (Å²) in [6.45, 7) is 0.742. The van der Waals surface area contributed by atoms with Crippen molar-refractivity contribution in [3.05, 3.63) is 63.1 Å². The van der Waals surface area contributed by atoms with Gasteiger partial charge in [-0.15, -0.1) is 0 Å². The van der Waals surface area contributed by atoms with E-state index >= 15 is 0 Å². The van der Waals surface area contributed by atoms with E-state index < -0.39 is 28.7 Å². The van der Waals surface area contributed by atoms with Crippen LogP contribution in [-0.4, -0.2) is 39.0 Å². The molecule has 180 valence electrons. The number of hydrogen-bond acceptors (Lipinski definition) is 4. The van der Waals surface area contributed by atoms with Crippen molar-refractivity contribution in [2.45, 2.75) is 57.7 Å². The van der Waals surface area contributed by atoms with Crippen LogP contribution in [0.4, 0.5) is 8.78 Å². The summed E-state index contributed by atoms with van der Waals surface area (Å²) in [5, 5.41) is 13.1. The molecule has 2 aromatic rings. The predicted octanol–water partition coefficient (Wildman–Crippen LogP) is 3.19. The van der Waals surface area contributed by atoms with Gasteiger partial charge in [-0.2, -0.15) is 0 Å². The van der Waals surface area contributed by atoms with Crippen molar-refractivity contribution in [1.82, 2.24) is 14.8 Å². The minimum Gasteiger partial charge on any atom is -0.503 e. The second kappa shape index (κ2) is 8.85. The van der Waals surface area contributed by atoms with E-state index in [1.54, 1.807) is 0 Å². The number of carbonyl (C=O) groups excluding carboxylic acids is 2.